The average Bonchev–Trinajstić information content (AvgIpc) is 2.60. The molecule has 0 radical (unpaired) electrons. The summed E-state index contributed by atoms with van der Waals surface area (Å²) in [5.74, 6) is -0.927. The second-order valence-electron chi connectivity index (χ2n) is 6.00. The molecule has 3 N–H and O–H groups in total. The van der Waals surface area contributed by atoms with Crippen LogP contribution in [0.5, 0.6) is 0 Å². The molecule has 0 aliphatic carbocycles. The van der Waals surface area contributed by atoms with Gasteiger partial charge in [-0.25, -0.2) is 0 Å². The van der Waals surface area contributed by atoms with Gasteiger partial charge in [-0.15, -0.1) is 0 Å². The van der Waals surface area contributed by atoms with E-state index >= 15 is 0 Å². The number of nitrogens with zero attached hydrogens (tertiary/aromatic N) is 1. The number of benzene rings is 2. The summed E-state index contributed by atoms with van der Waals surface area (Å²) in [7, 11) is 0. The molecule has 0 saturated carbocycles. The third kappa shape index (κ3) is 3.83. The number of rotatable bonds is 5. The van der Waals surface area contributed by atoms with Crippen molar-refractivity contribution in [2.45, 2.75) is 19.4 Å². The van der Waals surface area contributed by atoms with E-state index in [1.54, 1.807) is 18.3 Å². The maximum Gasteiger partial charge on any atom is 0.254 e. The first-order chi connectivity index (χ1) is 12.0. The maximum absolute atomic E-state index is 12.7. The van der Waals surface area contributed by atoms with Crippen LogP contribution in [-0.4, -0.2) is 22.8 Å². The first kappa shape index (κ1) is 16.6. The van der Waals surface area contributed by atoms with Gasteiger partial charge in [-0.1, -0.05) is 48.0 Å². The summed E-state index contributed by atoms with van der Waals surface area (Å²) in [5.41, 5.74) is 8.55. The van der Waals surface area contributed by atoms with Gasteiger partial charge in [0.2, 0.25) is 5.91 Å². The molecular formula is C20H19N3O2. The number of para-hydroxylation sites is 1. The highest BCUT2D eigenvalue weighted by Crippen LogP contribution is 2.16. The number of amides is 2. The van der Waals surface area contributed by atoms with E-state index in [4.69, 9.17) is 5.73 Å². The van der Waals surface area contributed by atoms with E-state index in [-0.39, 0.29) is 5.91 Å². The van der Waals surface area contributed by atoms with E-state index in [0.717, 1.165) is 16.5 Å². The van der Waals surface area contributed by atoms with Gasteiger partial charge in [0.15, 0.2) is 0 Å². The Balaban J connectivity index is 1.84. The minimum atomic E-state index is -0.784. The van der Waals surface area contributed by atoms with E-state index in [1.807, 2.05) is 49.4 Å². The number of aryl methyl sites for hydroxylation is 1. The van der Waals surface area contributed by atoms with Crippen molar-refractivity contribution in [2.24, 2.45) is 5.73 Å². The van der Waals surface area contributed by atoms with Crippen molar-refractivity contribution in [3.05, 3.63) is 77.5 Å². The number of aromatic nitrogens is 1. The first-order valence-corrected chi connectivity index (χ1v) is 8.04. The van der Waals surface area contributed by atoms with Crippen molar-refractivity contribution < 1.29 is 9.59 Å². The smallest absolute Gasteiger partial charge is 0.254 e. The Bertz CT molecular complexity index is 932. The third-order valence-corrected chi connectivity index (χ3v) is 4.05. The SMILES string of the molecule is Cc1cccc(C[C@H](NC(=O)c2cccc3cccnc23)C(N)=O)c1. The topological polar surface area (TPSA) is 85.1 Å². The van der Waals surface area contributed by atoms with Gasteiger partial charge in [-0.2, -0.15) is 0 Å². The molecule has 0 saturated heterocycles. The van der Waals surface area contributed by atoms with Gasteiger partial charge in [0.1, 0.15) is 6.04 Å². The number of pyridine rings is 1. The molecule has 0 aliphatic rings. The molecule has 5 nitrogen and oxygen atoms in total. The van der Waals surface area contributed by atoms with Crippen LogP contribution in [0.2, 0.25) is 0 Å². The van der Waals surface area contributed by atoms with Gasteiger partial charge in [0.05, 0.1) is 11.1 Å². The molecule has 0 spiro atoms. The highest BCUT2D eigenvalue weighted by atomic mass is 16.2. The summed E-state index contributed by atoms with van der Waals surface area (Å²) in [6.07, 6.45) is 1.98. The van der Waals surface area contributed by atoms with Crippen molar-refractivity contribution >= 4 is 22.7 Å². The molecule has 25 heavy (non-hydrogen) atoms. The van der Waals surface area contributed by atoms with Crippen LogP contribution in [-0.2, 0) is 11.2 Å². The zero-order valence-corrected chi connectivity index (χ0v) is 13.9. The number of primary amides is 1. The molecule has 2 amide bonds. The molecule has 3 aromatic rings. The summed E-state index contributed by atoms with van der Waals surface area (Å²) in [6, 6.07) is 16.1. The van der Waals surface area contributed by atoms with Gasteiger partial charge in [0, 0.05) is 18.0 Å². The van der Waals surface area contributed by atoms with E-state index in [2.05, 4.69) is 10.3 Å². The molecule has 0 aliphatic heterocycles. The fourth-order valence-corrected chi connectivity index (χ4v) is 2.82. The summed E-state index contributed by atoms with van der Waals surface area (Å²) in [6.45, 7) is 1.98. The molecule has 0 bridgehead atoms. The second-order valence-corrected chi connectivity index (χ2v) is 6.00. The molecule has 3 rings (SSSR count). The Hall–Kier alpha value is -3.21. The fourth-order valence-electron chi connectivity index (χ4n) is 2.82. The van der Waals surface area contributed by atoms with Crippen molar-refractivity contribution in [3.8, 4) is 0 Å². The summed E-state index contributed by atoms with van der Waals surface area (Å²) in [5, 5.41) is 3.60. The Morgan fingerprint density at radius 1 is 1.12 bits per heavy atom. The monoisotopic (exact) mass is 333 g/mol. The second kappa shape index (κ2) is 7.13. The summed E-state index contributed by atoms with van der Waals surface area (Å²) in [4.78, 5) is 28.8. The number of nitrogens with one attached hydrogen (secondary N) is 1. The van der Waals surface area contributed by atoms with E-state index in [9.17, 15) is 9.59 Å². The van der Waals surface area contributed by atoms with Crippen LogP contribution in [0.3, 0.4) is 0 Å². The lowest BCUT2D eigenvalue weighted by Crippen LogP contribution is -2.45. The van der Waals surface area contributed by atoms with Crippen LogP contribution in [0.4, 0.5) is 0 Å². The molecule has 1 atom stereocenters. The predicted molar refractivity (Wildman–Crippen MR) is 97.1 cm³/mol. The molecule has 1 aromatic heterocycles. The Labute approximate surface area is 145 Å². The van der Waals surface area contributed by atoms with Crippen LogP contribution >= 0.6 is 0 Å². The standard InChI is InChI=1S/C20H19N3O2/c1-13-5-2-6-14(11-13)12-17(19(21)24)23-20(25)16-9-3-7-15-8-4-10-22-18(15)16/h2-11,17H,12H2,1H3,(H2,21,24)(H,23,25)/t17-/m0/s1. The van der Waals surface area contributed by atoms with Gasteiger partial charge in [0.25, 0.3) is 5.91 Å². The number of fused-ring (bicyclic) bond motifs is 1. The van der Waals surface area contributed by atoms with Crippen molar-refractivity contribution in [1.82, 2.24) is 10.3 Å². The van der Waals surface area contributed by atoms with Crippen LogP contribution in [0.15, 0.2) is 60.8 Å². The minimum absolute atomic E-state index is 0.348. The van der Waals surface area contributed by atoms with Gasteiger partial charge >= 0.3 is 0 Å². The minimum Gasteiger partial charge on any atom is -0.368 e. The average molecular weight is 333 g/mol. The molecule has 5 heteroatoms. The van der Waals surface area contributed by atoms with Gasteiger partial charge in [-0.05, 0) is 24.6 Å². The van der Waals surface area contributed by atoms with E-state index in [1.165, 1.54) is 0 Å². The molecule has 0 fully saturated rings. The Kier molecular flexibility index (Phi) is 4.75. The number of nitrogens with two attached hydrogens (primary N) is 1. The Morgan fingerprint density at radius 3 is 2.64 bits per heavy atom. The normalized spacial score (nSPS) is 11.9. The Morgan fingerprint density at radius 2 is 1.88 bits per heavy atom. The van der Waals surface area contributed by atoms with E-state index in [0.29, 0.717) is 17.5 Å². The lowest BCUT2D eigenvalue weighted by atomic mass is 10.0. The molecule has 126 valence electrons. The zero-order chi connectivity index (χ0) is 17.8. The maximum atomic E-state index is 12.7. The largest absolute Gasteiger partial charge is 0.368 e. The summed E-state index contributed by atoms with van der Waals surface area (Å²) < 4.78 is 0. The van der Waals surface area contributed by atoms with E-state index < -0.39 is 11.9 Å². The number of carbonyl (C=O) groups excluding carboxylic acids is 2. The predicted octanol–water partition coefficient (Wildman–Crippen LogP) is 2.37. The lowest BCUT2D eigenvalue weighted by molar-refractivity contribution is -0.119. The molecular weight excluding hydrogens is 314 g/mol. The lowest BCUT2D eigenvalue weighted by Gasteiger charge is -2.16. The number of hydrogen-bond donors (Lipinski definition) is 2. The third-order valence-electron chi connectivity index (χ3n) is 4.05. The van der Waals surface area contributed by atoms with Crippen LogP contribution in [0.1, 0.15) is 21.5 Å². The highest BCUT2D eigenvalue weighted by molar-refractivity contribution is 6.06. The van der Waals surface area contributed by atoms with Gasteiger partial charge in [-0.3, -0.25) is 14.6 Å². The first-order valence-electron chi connectivity index (χ1n) is 8.04. The van der Waals surface area contributed by atoms with Crippen LogP contribution in [0.25, 0.3) is 10.9 Å². The fraction of sp³-hybridized carbons (Fsp3) is 0.150. The highest BCUT2D eigenvalue weighted by Gasteiger charge is 2.21. The van der Waals surface area contributed by atoms with Crippen LogP contribution < -0.4 is 11.1 Å². The molecule has 0 unspecified atom stereocenters. The van der Waals surface area contributed by atoms with Crippen molar-refractivity contribution in [1.29, 1.82) is 0 Å². The molecule has 2 aromatic carbocycles. The summed E-state index contributed by atoms with van der Waals surface area (Å²) >= 11 is 0. The van der Waals surface area contributed by atoms with Crippen molar-refractivity contribution in [3.63, 3.8) is 0 Å². The quantitative estimate of drug-likeness (QED) is 0.752. The number of hydrogen-bond acceptors (Lipinski definition) is 3. The zero-order valence-electron chi connectivity index (χ0n) is 13.9. The van der Waals surface area contributed by atoms with Crippen molar-refractivity contribution in [2.75, 3.05) is 0 Å². The van der Waals surface area contributed by atoms with Gasteiger partial charge < -0.3 is 11.1 Å². The molecule has 1 heterocycles. The van der Waals surface area contributed by atoms with Crippen LogP contribution in [0, 0.1) is 6.92 Å². The number of carbonyl (C=O) groups is 2.